The molecular weight excluding hydrogens is 430 g/mol. The Kier molecular flexibility index (Phi) is 3.73. The molecule has 158 valence electrons. The number of hydrogen-bond acceptors (Lipinski definition) is 4. The van der Waals surface area contributed by atoms with Gasteiger partial charge in [-0.2, -0.15) is 15.8 Å². The first-order valence-corrected chi connectivity index (χ1v) is 11.1. The van der Waals surface area contributed by atoms with Gasteiger partial charge >= 0.3 is 0 Å². The molecule has 5 aromatic carbocycles. The Hall–Kier alpha value is -5.37. The number of hydrogen-bond donors (Lipinski definition) is 0. The third-order valence-electron chi connectivity index (χ3n) is 6.89. The molecule has 35 heavy (non-hydrogen) atoms. The fourth-order valence-electron chi connectivity index (χ4n) is 5.56. The van der Waals surface area contributed by atoms with Crippen molar-refractivity contribution in [1.29, 1.82) is 15.8 Å². The highest BCUT2D eigenvalue weighted by Gasteiger charge is 2.30. The maximum absolute atomic E-state index is 10.1. The van der Waals surface area contributed by atoms with Gasteiger partial charge in [-0.1, -0.05) is 54.6 Å². The highest BCUT2D eigenvalue weighted by molar-refractivity contribution is 6.26. The van der Waals surface area contributed by atoms with Gasteiger partial charge in [0.05, 0.1) is 34.9 Å². The zero-order valence-corrected chi connectivity index (χ0v) is 18.3. The Morgan fingerprint density at radius 3 is 1.97 bits per heavy atom. The minimum atomic E-state index is 0.285. The summed E-state index contributed by atoms with van der Waals surface area (Å²) < 4.78 is 6.31. The van der Waals surface area contributed by atoms with E-state index < -0.39 is 0 Å². The van der Waals surface area contributed by atoms with Crippen LogP contribution in [0.1, 0.15) is 16.7 Å². The summed E-state index contributed by atoms with van der Waals surface area (Å²) in [4.78, 5) is 0. The van der Waals surface area contributed by atoms with E-state index >= 15 is 0 Å². The van der Waals surface area contributed by atoms with E-state index in [2.05, 4.69) is 48.5 Å². The second-order valence-electron chi connectivity index (χ2n) is 8.64. The van der Waals surface area contributed by atoms with E-state index in [4.69, 9.17) is 4.42 Å². The van der Waals surface area contributed by atoms with Crippen LogP contribution in [0.15, 0.2) is 83.3 Å². The van der Waals surface area contributed by atoms with Gasteiger partial charge in [0.25, 0.3) is 0 Å². The van der Waals surface area contributed by atoms with Gasteiger partial charge < -0.3 is 4.42 Å². The van der Waals surface area contributed by atoms with Crippen LogP contribution in [-0.2, 0) is 0 Å². The second kappa shape index (κ2) is 6.82. The molecule has 1 aliphatic carbocycles. The number of para-hydroxylation sites is 1. The van der Waals surface area contributed by atoms with Crippen molar-refractivity contribution in [2.24, 2.45) is 0 Å². The Morgan fingerprint density at radius 1 is 0.543 bits per heavy atom. The summed E-state index contributed by atoms with van der Waals surface area (Å²) in [6.45, 7) is 0. The van der Waals surface area contributed by atoms with Crippen LogP contribution in [0.4, 0.5) is 0 Å². The number of nitrogens with zero attached hydrogens (tertiary/aromatic N) is 3. The monoisotopic (exact) mass is 443 g/mol. The van der Waals surface area contributed by atoms with Gasteiger partial charge in [0.1, 0.15) is 11.2 Å². The molecule has 0 saturated heterocycles. The summed E-state index contributed by atoms with van der Waals surface area (Å²) in [6.07, 6.45) is 0. The molecule has 0 radical (unpaired) electrons. The van der Waals surface area contributed by atoms with Crippen molar-refractivity contribution < 1.29 is 4.42 Å². The van der Waals surface area contributed by atoms with Crippen LogP contribution in [0.5, 0.6) is 0 Å². The van der Waals surface area contributed by atoms with E-state index in [-0.39, 0.29) is 5.56 Å². The van der Waals surface area contributed by atoms with Gasteiger partial charge in [0.2, 0.25) is 0 Å². The molecule has 0 atom stereocenters. The highest BCUT2D eigenvalue weighted by Crippen LogP contribution is 2.55. The minimum absolute atomic E-state index is 0.285. The SMILES string of the molecule is N#Cc1cc(C#N)c(-c2c3c(cc4oc5ccccc5c24)-c2cccc4cccc-3c24)c(C#N)c1. The predicted octanol–water partition coefficient (Wildman–Crippen LogP) is 7.67. The Balaban J connectivity index is 1.78. The normalized spacial score (nSPS) is 11.3. The summed E-state index contributed by atoms with van der Waals surface area (Å²) in [7, 11) is 0. The Morgan fingerprint density at radius 2 is 1.26 bits per heavy atom. The minimum Gasteiger partial charge on any atom is -0.456 e. The lowest BCUT2D eigenvalue weighted by molar-refractivity contribution is 0.669. The van der Waals surface area contributed by atoms with Crippen molar-refractivity contribution in [3.8, 4) is 51.6 Å². The summed E-state index contributed by atoms with van der Waals surface area (Å²) in [5, 5.41) is 33.8. The number of nitriles is 3. The molecule has 1 aromatic heterocycles. The topological polar surface area (TPSA) is 84.5 Å². The number of benzene rings is 5. The molecule has 0 amide bonds. The van der Waals surface area contributed by atoms with Crippen molar-refractivity contribution in [2.75, 3.05) is 0 Å². The van der Waals surface area contributed by atoms with Crippen molar-refractivity contribution >= 4 is 32.7 Å². The van der Waals surface area contributed by atoms with Crippen molar-refractivity contribution in [1.82, 2.24) is 0 Å². The van der Waals surface area contributed by atoms with Gasteiger partial charge in [0, 0.05) is 21.9 Å². The number of rotatable bonds is 1. The maximum atomic E-state index is 10.1. The van der Waals surface area contributed by atoms with Gasteiger partial charge in [-0.15, -0.1) is 0 Å². The largest absolute Gasteiger partial charge is 0.456 e. The maximum Gasteiger partial charge on any atom is 0.136 e. The summed E-state index contributed by atoms with van der Waals surface area (Å²) in [5.74, 6) is 0. The van der Waals surface area contributed by atoms with Crippen molar-refractivity contribution in [3.05, 3.63) is 95.6 Å². The molecule has 0 bridgehead atoms. The van der Waals surface area contributed by atoms with Crippen molar-refractivity contribution in [3.63, 3.8) is 0 Å². The molecule has 7 rings (SSSR count). The molecule has 6 aromatic rings. The lowest BCUT2D eigenvalue weighted by Gasteiger charge is -2.15. The third-order valence-corrected chi connectivity index (χ3v) is 6.89. The Bertz CT molecular complexity index is 2000. The van der Waals surface area contributed by atoms with Crippen LogP contribution >= 0.6 is 0 Å². The molecule has 4 nitrogen and oxygen atoms in total. The number of fused-ring (bicyclic) bond motifs is 6. The average molecular weight is 443 g/mol. The third kappa shape index (κ3) is 2.42. The van der Waals surface area contributed by atoms with E-state index in [9.17, 15) is 15.8 Å². The van der Waals surface area contributed by atoms with Crippen LogP contribution in [0, 0.1) is 34.0 Å². The molecule has 1 aliphatic rings. The molecule has 1 heterocycles. The first-order valence-electron chi connectivity index (χ1n) is 11.1. The van der Waals surface area contributed by atoms with E-state index in [0.29, 0.717) is 22.3 Å². The first-order chi connectivity index (χ1) is 17.2. The van der Waals surface area contributed by atoms with Crippen LogP contribution in [-0.4, -0.2) is 0 Å². The Labute approximate surface area is 200 Å². The quantitative estimate of drug-likeness (QED) is 0.260. The predicted molar refractivity (Wildman–Crippen MR) is 135 cm³/mol. The molecule has 4 heteroatoms. The fraction of sp³-hybridized carbons (Fsp3) is 0. The van der Waals surface area contributed by atoms with Crippen LogP contribution < -0.4 is 0 Å². The van der Waals surface area contributed by atoms with E-state index in [1.165, 1.54) is 0 Å². The average Bonchev–Trinajstić information content (AvgIpc) is 3.44. The zero-order chi connectivity index (χ0) is 23.7. The molecule has 0 fully saturated rings. The van der Waals surface area contributed by atoms with Crippen LogP contribution in [0.3, 0.4) is 0 Å². The molecule has 0 spiro atoms. The van der Waals surface area contributed by atoms with Crippen LogP contribution in [0.25, 0.3) is 66.1 Å². The van der Waals surface area contributed by atoms with Gasteiger partial charge in [0.15, 0.2) is 0 Å². The van der Waals surface area contributed by atoms with Crippen molar-refractivity contribution in [2.45, 2.75) is 0 Å². The molecule has 0 aliphatic heterocycles. The van der Waals surface area contributed by atoms with Gasteiger partial charge in [-0.3, -0.25) is 0 Å². The van der Waals surface area contributed by atoms with E-state index in [1.807, 2.05) is 36.4 Å². The van der Waals surface area contributed by atoms with Crippen LogP contribution in [0.2, 0.25) is 0 Å². The lowest BCUT2D eigenvalue weighted by atomic mass is 9.84. The number of furan rings is 1. The summed E-state index contributed by atoms with van der Waals surface area (Å²) in [6, 6.07) is 32.1. The molecule has 0 unspecified atom stereocenters. The van der Waals surface area contributed by atoms with Gasteiger partial charge in [-0.25, -0.2) is 0 Å². The van der Waals surface area contributed by atoms with E-state index in [1.54, 1.807) is 12.1 Å². The highest BCUT2D eigenvalue weighted by atomic mass is 16.3. The fourth-order valence-corrected chi connectivity index (χ4v) is 5.56. The molecular formula is C31H13N3O. The molecule has 0 N–H and O–H groups in total. The smallest absolute Gasteiger partial charge is 0.136 e. The standard InChI is InChI=1S/C31H13N3O/c32-14-17-11-19(15-33)27(20(12-17)16-34)31-29-23-9-4-6-18-5-3-8-21(28(18)23)24(29)13-26-30(31)22-7-1-2-10-25(22)35-26/h1-13H. The molecule has 0 saturated carbocycles. The zero-order valence-electron chi connectivity index (χ0n) is 18.3. The summed E-state index contributed by atoms with van der Waals surface area (Å²) >= 11 is 0. The second-order valence-corrected chi connectivity index (χ2v) is 8.64. The first kappa shape index (κ1) is 19.1. The van der Waals surface area contributed by atoms with E-state index in [0.717, 1.165) is 54.9 Å². The lowest BCUT2D eigenvalue weighted by Crippen LogP contribution is -1.96. The summed E-state index contributed by atoms with van der Waals surface area (Å²) in [5.41, 5.74) is 7.79. The van der Waals surface area contributed by atoms with Gasteiger partial charge in [-0.05, 0) is 57.3 Å².